The number of rotatable bonds is 5. The Bertz CT molecular complexity index is 510. The number of nitrogens with zero attached hydrogens (tertiary/aromatic N) is 3. The number of likely N-dealkylation sites (tertiary alicyclic amines) is 1. The van der Waals surface area contributed by atoms with E-state index in [-0.39, 0.29) is 18.4 Å². The number of carboxylic acid groups (broad SMARTS) is 1. The Morgan fingerprint density at radius 3 is 2.80 bits per heavy atom. The summed E-state index contributed by atoms with van der Waals surface area (Å²) in [6, 6.07) is 1.84. The van der Waals surface area contributed by atoms with Crippen LogP contribution in [-0.2, 0) is 16.1 Å². The van der Waals surface area contributed by atoms with Crippen molar-refractivity contribution < 1.29 is 14.7 Å². The summed E-state index contributed by atoms with van der Waals surface area (Å²) >= 11 is 0. The van der Waals surface area contributed by atoms with Crippen molar-refractivity contribution in [2.75, 3.05) is 6.54 Å². The number of amides is 1. The maximum atomic E-state index is 12.2. The lowest BCUT2D eigenvalue weighted by atomic mass is 10.1. The van der Waals surface area contributed by atoms with Crippen LogP contribution in [0.3, 0.4) is 0 Å². The van der Waals surface area contributed by atoms with Crippen LogP contribution in [0, 0.1) is 13.8 Å². The molecule has 1 saturated heterocycles. The summed E-state index contributed by atoms with van der Waals surface area (Å²) < 4.78 is 1.83. The van der Waals surface area contributed by atoms with E-state index in [0.717, 1.165) is 24.2 Å². The van der Waals surface area contributed by atoms with Crippen molar-refractivity contribution in [1.29, 1.82) is 0 Å². The van der Waals surface area contributed by atoms with Gasteiger partial charge in [-0.05, 0) is 32.8 Å². The van der Waals surface area contributed by atoms with E-state index in [2.05, 4.69) is 5.10 Å². The van der Waals surface area contributed by atoms with Gasteiger partial charge in [0.05, 0.1) is 12.1 Å². The van der Waals surface area contributed by atoms with Gasteiger partial charge < -0.3 is 10.0 Å². The topological polar surface area (TPSA) is 75.4 Å². The Labute approximate surface area is 118 Å². The van der Waals surface area contributed by atoms with E-state index in [1.807, 2.05) is 24.6 Å². The molecule has 0 aliphatic carbocycles. The summed E-state index contributed by atoms with van der Waals surface area (Å²) in [5.74, 6) is -0.811. The van der Waals surface area contributed by atoms with E-state index in [0.29, 0.717) is 19.5 Å². The zero-order chi connectivity index (χ0) is 14.7. The second-order valence-electron chi connectivity index (χ2n) is 5.38. The minimum atomic E-state index is -0.840. The van der Waals surface area contributed by atoms with Crippen LogP contribution in [-0.4, -0.2) is 44.3 Å². The highest BCUT2D eigenvalue weighted by Gasteiger charge is 2.29. The van der Waals surface area contributed by atoms with Crippen molar-refractivity contribution in [2.24, 2.45) is 0 Å². The number of aryl methyl sites for hydroxylation is 3. The van der Waals surface area contributed by atoms with E-state index < -0.39 is 5.97 Å². The first-order valence-electron chi connectivity index (χ1n) is 6.99. The van der Waals surface area contributed by atoms with Crippen LogP contribution in [0.5, 0.6) is 0 Å². The number of aliphatic carboxylic acids is 1. The number of hydrogen-bond donors (Lipinski definition) is 1. The third kappa shape index (κ3) is 3.37. The fourth-order valence-corrected chi connectivity index (χ4v) is 2.82. The molecule has 1 fully saturated rings. The minimum Gasteiger partial charge on any atom is -0.481 e. The molecule has 1 N–H and O–H groups in total. The third-order valence-corrected chi connectivity index (χ3v) is 3.75. The summed E-state index contributed by atoms with van der Waals surface area (Å²) in [5, 5.41) is 13.2. The van der Waals surface area contributed by atoms with Crippen LogP contribution >= 0.6 is 0 Å². The zero-order valence-electron chi connectivity index (χ0n) is 12.0. The molecule has 1 aliphatic heterocycles. The molecule has 6 nitrogen and oxygen atoms in total. The molecule has 0 radical (unpaired) electrons. The molecule has 1 aliphatic rings. The Morgan fingerprint density at radius 2 is 2.20 bits per heavy atom. The first-order valence-corrected chi connectivity index (χ1v) is 6.99. The molecule has 1 aromatic heterocycles. The average Bonchev–Trinajstić information content (AvgIpc) is 2.92. The molecule has 0 aromatic carbocycles. The van der Waals surface area contributed by atoms with Gasteiger partial charge in [-0.3, -0.25) is 14.3 Å². The fourth-order valence-electron chi connectivity index (χ4n) is 2.82. The lowest BCUT2D eigenvalue weighted by Gasteiger charge is -2.23. The highest BCUT2D eigenvalue weighted by atomic mass is 16.4. The normalized spacial score (nSPS) is 18.5. The fraction of sp³-hybridized carbons (Fsp3) is 0.643. The molecule has 1 atom stereocenters. The Kier molecular flexibility index (Phi) is 4.42. The molecule has 6 heteroatoms. The predicted octanol–water partition coefficient (Wildman–Crippen LogP) is 1.36. The summed E-state index contributed by atoms with van der Waals surface area (Å²) in [5.41, 5.74) is 1.98. The van der Waals surface area contributed by atoms with Gasteiger partial charge in [-0.15, -0.1) is 0 Å². The Morgan fingerprint density at radius 1 is 1.45 bits per heavy atom. The smallest absolute Gasteiger partial charge is 0.305 e. The van der Waals surface area contributed by atoms with E-state index in [4.69, 9.17) is 5.11 Å². The van der Waals surface area contributed by atoms with Crippen molar-refractivity contribution in [1.82, 2.24) is 14.7 Å². The van der Waals surface area contributed by atoms with Gasteiger partial charge in [-0.2, -0.15) is 5.10 Å². The van der Waals surface area contributed by atoms with Crippen LogP contribution < -0.4 is 0 Å². The lowest BCUT2D eigenvalue weighted by Crippen LogP contribution is -2.37. The van der Waals surface area contributed by atoms with E-state index in [9.17, 15) is 9.59 Å². The van der Waals surface area contributed by atoms with Gasteiger partial charge in [0.2, 0.25) is 5.91 Å². The van der Waals surface area contributed by atoms with Crippen molar-refractivity contribution >= 4 is 11.9 Å². The monoisotopic (exact) mass is 279 g/mol. The molecule has 1 amide bonds. The molecule has 2 rings (SSSR count). The maximum Gasteiger partial charge on any atom is 0.305 e. The predicted molar refractivity (Wildman–Crippen MR) is 73.3 cm³/mol. The molecule has 0 saturated carbocycles. The highest BCUT2D eigenvalue weighted by molar-refractivity contribution is 5.78. The average molecular weight is 279 g/mol. The van der Waals surface area contributed by atoms with E-state index >= 15 is 0 Å². The summed E-state index contributed by atoms with van der Waals surface area (Å²) in [6.07, 6.45) is 2.10. The maximum absolute atomic E-state index is 12.2. The second kappa shape index (κ2) is 6.07. The van der Waals surface area contributed by atoms with Crippen molar-refractivity contribution in [3.8, 4) is 0 Å². The summed E-state index contributed by atoms with van der Waals surface area (Å²) in [4.78, 5) is 24.7. The van der Waals surface area contributed by atoms with Gasteiger partial charge in [-0.25, -0.2) is 0 Å². The molecule has 2 heterocycles. The molecule has 20 heavy (non-hydrogen) atoms. The third-order valence-electron chi connectivity index (χ3n) is 3.75. The van der Waals surface area contributed by atoms with Gasteiger partial charge in [0.1, 0.15) is 0 Å². The van der Waals surface area contributed by atoms with Crippen LogP contribution in [0.15, 0.2) is 6.07 Å². The van der Waals surface area contributed by atoms with Gasteiger partial charge in [0.15, 0.2) is 0 Å². The Hall–Kier alpha value is -1.85. The molecule has 110 valence electrons. The summed E-state index contributed by atoms with van der Waals surface area (Å²) in [7, 11) is 0. The largest absolute Gasteiger partial charge is 0.481 e. The molecular formula is C14H21N3O3. The molecule has 0 spiro atoms. The van der Waals surface area contributed by atoms with Crippen LogP contribution in [0.25, 0.3) is 0 Å². The number of carboxylic acids is 1. The lowest BCUT2D eigenvalue weighted by molar-refractivity contribution is -0.140. The zero-order valence-corrected chi connectivity index (χ0v) is 12.0. The van der Waals surface area contributed by atoms with Crippen LogP contribution in [0.1, 0.15) is 37.1 Å². The van der Waals surface area contributed by atoms with Crippen molar-refractivity contribution in [2.45, 2.75) is 52.1 Å². The van der Waals surface area contributed by atoms with Gasteiger partial charge in [-0.1, -0.05) is 0 Å². The Balaban J connectivity index is 1.91. The SMILES string of the molecule is Cc1cc(C)n(CCC(=O)N2CCCC2CC(=O)O)n1. The number of carbonyl (C=O) groups is 2. The standard InChI is InChI=1S/C14H21N3O3/c1-10-8-11(2)17(15-10)7-5-13(18)16-6-3-4-12(16)9-14(19)20/h8,12H,3-7,9H2,1-2H3,(H,19,20). The molecule has 0 bridgehead atoms. The van der Waals surface area contributed by atoms with E-state index in [1.165, 1.54) is 0 Å². The van der Waals surface area contributed by atoms with Gasteiger partial charge >= 0.3 is 5.97 Å². The van der Waals surface area contributed by atoms with Crippen LogP contribution in [0.4, 0.5) is 0 Å². The number of hydrogen-bond acceptors (Lipinski definition) is 3. The quantitative estimate of drug-likeness (QED) is 0.883. The molecular weight excluding hydrogens is 258 g/mol. The number of carbonyl (C=O) groups excluding carboxylic acids is 1. The van der Waals surface area contributed by atoms with E-state index in [1.54, 1.807) is 4.90 Å². The van der Waals surface area contributed by atoms with Crippen molar-refractivity contribution in [3.63, 3.8) is 0 Å². The molecule has 1 unspecified atom stereocenters. The first kappa shape index (κ1) is 14.6. The van der Waals surface area contributed by atoms with Crippen molar-refractivity contribution in [3.05, 3.63) is 17.5 Å². The van der Waals surface area contributed by atoms with Gasteiger partial charge in [0, 0.05) is 31.2 Å². The minimum absolute atomic E-state index is 0.0290. The second-order valence-corrected chi connectivity index (χ2v) is 5.38. The number of aromatic nitrogens is 2. The summed E-state index contributed by atoms with van der Waals surface area (Å²) in [6.45, 7) is 5.12. The van der Waals surface area contributed by atoms with Crippen LogP contribution in [0.2, 0.25) is 0 Å². The highest BCUT2D eigenvalue weighted by Crippen LogP contribution is 2.21. The first-order chi connectivity index (χ1) is 9.47. The van der Waals surface area contributed by atoms with Gasteiger partial charge in [0.25, 0.3) is 0 Å². The molecule has 1 aromatic rings.